The molecule has 0 aromatic rings. The van der Waals surface area contributed by atoms with Crippen LogP contribution in [0.2, 0.25) is 0 Å². The maximum absolute atomic E-state index is 13.0. The van der Waals surface area contributed by atoms with E-state index in [4.69, 9.17) is 4.74 Å². The Morgan fingerprint density at radius 1 is 1.36 bits per heavy atom. The Morgan fingerprint density at radius 3 is 2.71 bits per heavy atom. The predicted molar refractivity (Wildman–Crippen MR) is 109 cm³/mol. The van der Waals surface area contributed by atoms with Crippen LogP contribution in [0.5, 0.6) is 0 Å². The lowest BCUT2D eigenvalue weighted by atomic mass is 9.77. The van der Waals surface area contributed by atoms with Gasteiger partial charge in [0.2, 0.25) is 5.91 Å². The predicted octanol–water partition coefficient (Wildman–Crippen LogP) is 3.96. The van der Waals surface area contributed by atoms with Gasteiger partial charge < -0.3 is 14.7 Å². The minimum absolute atomic E-state index is 0.0726. The summed E-state index contributed by atoms with van der Waals surface area (Å²) in [4.78, 5) is 26.5. The molecule has 28 heavy (non-hydrogen) atoms. The summed E-state index contributed by atoms with van der Waals surface area (Å²) in [5.74, 6) is -2.36. The average molecular weight is 388 g/mol. The number of hydrogen-bond donors (Lipinski definition) is 1. The number of carbonyl (C=O) groups is 2. The van der Waals surface area contributed by atoms with E-state index in [9.17, 15) is 14.7 Å². The number of carbonyl (C=O) groups excluding carboxylic acids is 1. The molecular formula is C23H33NO4. The van der Waals surface area contributed by atoms with Crippen LogP contribution in [0.1, 0.15) is 53.9 Å². The maximum Gasteiger partial charge on any atom is 0.310 e. The van der Waals surface area contributed by atoms with Gasteiger partial charge in [-0.05, 0) is 45.4 Å². The highest BCUT2D eigenvalue weighted by Gasteiger charge is 2.67. The first kappa shape index (κ1) is 20.8. The first-order valence-corrected chi connectivity index (χ1v) is 10.2. The van der Waals surface area contributed by atoms with E-state index in [1.807, 2.05) is 17.1 Å². The number of carboxylic acids is 1. The average Bonchev–Trinajstić information content (AvgIpc) is 3.21. The molecule has 0 aromatic carbocycles. The number of aliphatic carboxylic acids is 1. The van der Waals surface area contributed by atoms with Crippen molar-refractivity contribution >= 4 is 11.9 Å². The van der Waals surface area contributed by atoms with Gasteiger partial charge in [0.05, 0.1) is 18.6 Å². The Labute approximate surface area is 168 Å². The minimum atomic E-state index is -0.939. The van der Waals surface area contributed by atoms with Gasteiger partial charge in [-0.3, -0.25) is 9.59 Å². The van der Waals surface area contributed by atoms with Gasteiger partial charge in [0.1, 0.15) is 11.5 Å². The highest BCUT2D eigenvalue weighted by Crippen LogP contribution is 2.52. The van der Waals surface area contributed by atoms with E-state index in [0.29, 0.717) is 13.1 Å². The third kappa shape index (κ3) is 3.95. The summed E-state index contributed by atoms with van der Waals surface area (Å²) in [6, 6.07) is 0. The zero-order chi connectivity index (χ0) is 20.7. The van der Waals surface area contributed by atoms with E-state index in [1.54, 1.807) is 0 Å². The number of fused-ring (bicyclic) bond motifs is 1. The van der Waals surface area contributed by atoms with E-state index in [1.165, 1.54) is 11.1 Å². The molecule has 1 N–H and O–H groups in total. The molecule has 0 saturated carbocycles. The molecule has 1 amide bonds. The summed E-state index contributed by atoms with van der Waals surface area (Å²) >= 11 is 0. The zero-order valence-electron chi connectivity index (χ0n) is 17.7. The summed E-state index contributed by atoms with van der Waals surface area (Å²) in [5, 5.41) is 9.57. The number of amides is 1. The van der Waals surface area contributed by atoms with Gasteiger partial charge in [-0.25, -0.2) is 0 Å². The Kier molecular flexibility index (Phi) is 5.59. The largest absolute Gasteiger partial charge is 0.481 e. The monoisotopic (exact) mass is 387 g/mol. The number of likely N-dealkylation sites (tertiary alicyclic amines) is 1. The summed E-state index contributed by atoms with van der Waals surface area (Å²) in [6.07, 6.45) is 10.8. The summed E-state index contributed by atoms with van der Waals surface area (Å²) < 4.78 is 5.96. The SMILES string of the molecule is CC(C)=CCC/C(C)=C\CC(C)(C)CN1C[C@@]23C=C[C@@H](O2)[C@@H](C(=O)O)[C@@H]3C1=O. The molecule has 3 rings (SSSR count). The lowest BCUT2D eigenvalue weighted by Gasteiger charge is -2.31. The fourth-order valence-corrected chi connectivity index (χ4v) is 4.72. The number of hydrogen-bond acceptors (Lipinski definition) is 3. The Hall–Kier alpha value is -1.88. The zero-order valence-corrected chi connectivity index (χ0v) is 17.7. The van der Waals surface area contributed by atoms with Crippen molar-refractivity contribution in [3.8, 4) is 0 Å². The van der Waals surface area contributed by atoms with Crippen LogP contribution in [0.3, 0.4) is 0 Å². The first-order chi connectivity index (χ1) is 13.0. The first-order valence-electron chi connectivity index (χ1n) is 10.2. The molecule has 3 aliphatic rings. The third-order valence-electron chi connectivity index (χ3n) is 6.18. The number of nitrogens with zero attached hydrogens (tertiary/aromatic N) is 1. The van der Waals surface area contributed by atoms with Crippen LogP contribution in [0.4, 0.5) is 0 Å². The second-order valence-electron chi connectivity index (χ2n) is 9.67. The second-order valence-corrected chi connectivity index (χ2v) is 9.67. The van der Waals surface area contributed by atoms with Crippen LogP contribution in [0.25, 0.3) is 0 Å². The van der Waals surface area contributed by atoms with E-state index in [-0.39, 0.29) is 11.3 Å². The van der Waals surface area contributed by atoms with Crippen molar-refractivity contribution in [1.82, 2.24) is 4.90 Å². The number of rotatable bonds is 8. The molecule has 2 bridgehead atoms. The summed E-state index contributed by atoms with van der Waals surface area (Å²) in [5.41, 5.74) is 1.89. The molecular weight excluding hydrogens is 354 g/mol. The van der Waals surface area contributed by atoms with E-state index < -0.39 is 29.5 Å². The van der Waals surface area contributed by atoms with Crippen molar-refractivity contribution in [3.63, 3.8) is 0 Å². The van der Waals surface area contributed by atoms with Gasteiger partial charge in [-0.15, -0.1) is 0 Å². The fraction of sp³-hybridized carbons (Fsp3) is 0.652. The second kappa shape index (κ2) is 7.51. The van der Waals surface area contributed by atoms with Crippen LogP contribution >= 0.6 is 0 Å². The minimum Gasteiger partial charge on any atom is -0.481 e. The Bertz CT molecular complexity index is 744. The lowest BCUT2D eigenvalue weighted by molar-refractivity contribution is -0.148. The number of carboxylic acid groups (broad SMARTS) is 1. The third-order valence-corrected chi connectivity index (χ3v) is 6.18. The highest BCUT2D eigenvalue weighted by atomic mass is 16.5. The van der Waals surface area contributed by atoms with Gasteiger partial charge in [0.25, 0.3) is 0 Å². The van der Waals surface area contributed by atoms with Crippen LogP contribution in [-0.4, -0.2) is 46.7 Å². The molecule has 2 fully saturated rings. The van der Waals surface area contributed by atoms with Gasteiger partial charge in [0.15, 0.2) is 0 Å². The van der Waals surface area contributed by atoms with Crippen molar-refractivity contribution in [1.29, 1.82) is 0 Å². The molecule has 3 heterocycles. The van der Waals surface area contributed by atoms with Crippen LogP contribution in [-0.2, 0) is 14.3 Å². The number of allylic oxidation sites excluding steroid dienone is 4. The van der Waals surface area contributed by atoms with Crippen LogP contribution < -0.4 is 0 Å². The maximum atomic E-state index is 13.0. The topological polar surface area (TPSA) is 66.8 Å². The van der Waals surface area contributed by atoms with E-state index >= 15 is 0 Å². The van der Waals surface area contributed by atoms with E-state index in [2.05, 4.69) is 46.8 Å². The van der Waals surface area contributed by atoms with Crippen molar-refractivity contribution < 1.29 is 19.4 Å². The molecule has 1 spiro atoms. The molecule has 0 aromatic heterocycles. The van der Waals surface area contributed by atoms with Gasteiger partial charge >= 0.3 is 5.97 Å². The number of ether oxygens (including phenoxy) is 1. The fourth-order valence-electron chi connectivity index (χ4n) is 4.72. The molecule has 5 heteroatoms. The molecule has 154 valence electrons. The smallest absolute Gasteiger partial charge is 0.310 e. The van der Waals surface area contributed by atoms with Crippen molar-refractivity contribution in [2.45, 2.75) is 65.6 Å². The van der Waals surface area contributed by atoms with Gasteiger partial charge in [-0.1, -0.05) is 49.3 Å². The van der Waals surface area contributed by atoms with Crippen LogP contribution in [0, 0.1) is 17.3 Å². The molecule has 0 aliphatic carbocycles. The van der Waals surface area contributed by atoms with Crippen LogP contribution in [0.15, 0.2) is 35.5 Å². The van der Waals surface area contributed by atoms with Gasteiger partial charge in [0, 0.05) is 6.54 Å². The van der Waals surface area contributed by atoms with E-state index in [0.717, 1.165) is 19.3 Å². The summed E-state index contributed by atoms with van der Waals surface area (Å²) in [6.45, 7) is 11.8. The Morgan fingerprint density at radius 2 is 2.07 bits per heavy atom. The molecule has 5 nitrogen and oxygen atoms in total. The molecule has 0 unspecified atom stereocenters. The molecule has 4 atom stereocenters. The highest BCUT2D eigenvalue weighted by molar-refractivity contribution is 5.90. The quantitative estimate of drug-likeness (QED) is 0.640. The van der Waals surface area contributed by atoms with Crippen molar-refractivity contribution in [2.24, 2.45) is 17.3 Å². The molecule has 2 saturated heterocycles. The van der Waals surface area contributed by atoms with Crippen molar-refractivity contribution in [2.75, 3.05) is 13.1 Å². The van der Waals surface area contributed by atoms with Crippen molar-refractivity contribution in [3.05, 3.63) is 35.5 Å². The molecule has 0 radical (unpaired) electrons. The molecule has 3 aliphatic heterocycles. The normalized spacial score (nSPS) is 31.5. The Balaban J connectivity index is 1.62. The standard InChI is InChI=1S/C23H33NO4/c1-15(2)7-6-8-16(3)9-11-22(4,5)13-24-14-23-12-10-17(28-23)18(21(26)27)19(23)20(24)25/h7,9-10,12,17-19H,6,8,11,13-14H2,1-5H3,(H,26,27)/b16-9-/t17-,18-,19-,23-/m1/s1. The van der Waals surface area contributed by atoms with Gasteiger partial charge in [-0.2, -0.15) is 0 Å². The summed E-state index contributed by atoms with van der Waals surface area (Å²) in [7, 11) is 0. The lowest BCUT2D eigenvalue weighted by Crippen LogP contribution is -2.40.